The molecule has 3 rings (SSSR count). The minimum atomic E-state index is -0.0543. The molecule has 2 heterocycles. The zero-order valence-electron chi connectivity index (χ0n) is 10.8. The summed E-state index contributed by atoms with van der Waals surface area (Å²) in [5.41, 5.74) is 0. The Morgan fingerprint density at radius 1 is 1.11 bits per heavy atom. The minimum Gasteiger partial charge on any atom is -0.353 e. The first-order chi connectivity index (χ1) is 9.34. The summed E-state index contributed by atoms with van der Waals surface area (Å²) in [6.07, 6.45) is 9.58. The van der Waals surface area contributed by atoms with Gasteiger partial charge in [0.25, 0.3) is 0 Å². The maximum absolute atomic E-state index is 12.2. The number of amides is 1. The molecule has 1 aliphatic carbocycles. The van der Waals surface area contributed by atoms with E-state index >= 15 is 0 Å². The zero-order valence-corrected chi connectivity index (χ0v) is 10.8. The Kier molecular flexibility index (Phi) is 3.31. The van der Waals surface area contributed by atoms with E-state index in [0.717, 1.165) is 32.0 Å². The summed E-state index contributed by atoms with van der Waals surface area (Å²) in [6, 6.07) is 5.93. The van der Waals surface area contributed by atoms with E-state index in [9.17, 15) is 4.79 Å². The van der Waals surface area contributed by atoms with E-state index in [4.69, 9.17) is 0 Å². The quantitative estimate of drug-likeness (QED) is 0.803. The van der Waals surface area contributed by atoms with Crippen molar-refractivity contribution in [3.63, 3.8) is 0 Å². The van der Waals surface area contributed by atoms with Crippen molar-refractivity contribution in [3.05, 3.63) is 48.7 Å². The molecule has 0 radical (unpaired) electrons. The fraction of sp³-hybridized carbons (Fsp3) is 0.333. The van der Waals surface area contributed by atoms with Crippen LogP contribution in [0, 0.1) is 5.92 Å². The fourth-order valence-electron chi connectivity index (χ4n) is 2.50. The van der Waals surface area contributed by atoms with E-state index < -0.39 is 0 Å². The lowest BCUT2D eigenvalue weighted by Gasteiger charge is -2.36. The Bertz CT molecular complexity index is 489. The van der Waals surface area contributed by atoms with Gasteiger partial charge in [-0.15, -0.1) is 0 Å². The van der Waals surface area contributed by atoms with Gasteiger partial charge in [-0.05, 0) is 12.1 Å². The van der Waals surface area contributed by atoms with Gasteiger partial charge in [0.2, 0.25) is 5.91 Å². The average molecular weight is 255 g/mol. The van der Waals surface area contributed by atoms with Crippen LogP contribution in [-0.2, 0) is 4.79 Å². The van der Waals surface area contributed by atoms with E-state index in [1.165, 1.54) is 0 Å². The number of nitrogens with zero attached hydrogens (tertiary/aromatic N) is 3. The van der Waals surface area contributed by atoms with Crippen LogP contribution in [0.15, 0.2) is 48.7 Å². The van der Waals surface area contributed by atoms with Crippen LogP contribution < -0.4 is 4.90 Å². The van der Waals surface area contributed by atoms with Crippen LogP contribution in [0.25, 0.3) is 0 Å². The second kappa shape index (κ2) is 5.26. The summed E-state index contributed by atoms with van der Waals surface area (Å²) in [4.78, 5) is 20.8. The SMILES string of the molecule is O=C(C1C=CC=C1)N1CCN(c2ccccn2)CC1. The summed E-state index contributed by atoms with van der Waals surface area (Å²) in [5.74, 6) is 1.15. The number of piperazine rings is 1. The molecule has 0 saturated carbocycles. The van der Waals surface area contributed by atoms with E-state index in [1.807, 2.05) is 47.4 Å². The number of carbonyl (C=O) groups excluding carboxylic acids is 1. The highest BCUT2D eigenvalue weighted by molar-refractivity contribution is 5.83. The molecule has 0 N–H and O–H groups in total. The van der Waals surface area contributed by atoms with Gasteiger partial charge in [-0.25, -0.2) is 4.98 Å². The second-order valence-corrected chi connectivity index (χ2v) is 4.80. The number of hydrogen-bond donors (Lipinski definition) is 0. The van der Waals surface area contributed by atoms with Crippen molar-refractivity contribution >= 4 is 11.7 Å². The van der Waals surface area contributed by atoms with Gasteiger partial charge in [-0.1, -0.05) is 30.4 Å². The lowest BCUT2D eigenvalue weighted by atomic mass is 10.1. The number of anilines is 1. The molecule has 1 aromatic heterocycles. The van der Waals surface area contributed by atoms with Gasteiger partial charge in [0.05, 0.1) is 5.92 Å². The number of aromatic nitrogens is 1. The molecule has 4 heteroatoms. The minimum absolute atomic E-state index is 0.0543. The zero-order chi connectivity index (χ0) is 13.1. The van der Waals surface area contributed by atoms with Crippen molar-refractivity contribution in [2.24, 2.45) is 5.92 Å². The van der Waals surface area contributed by atoms with Gasteiger partial charge in [0.1, 0.15) is 5.82 Å². The van der Waals surface area contributed by atoms with E-state index in [2.05, 4.69) is 9.88 Å². The lowest BCUT2D eigenvalue weighted by molar-refractivity contribution is -0.132. The topological polar surface area (TPSA) is 36.4 Å². The molecule has 1 aliphatic heterocycles. The Hall–Kier alpha value is -2.10. The maximum Gasteiger partial charge on any atom is 0.233 e. The number of hydrogen-bond acceptors (Lipinski definition) is 3. The summed E-state index contributed by atoms with van der Waals surface area (Å²) >= 11 is 0. The first kappa shape index (κ1) is 12.0. The largest absolute Gasteiger partial charge is 0.353 e. The molecule has 2 aliphatic rings. The Morgan fingerprint density at radius 3 is 2.47 bits per heavy atom. The van der Waals surface area contributed by atoms with Crippen molar-refractivity contribution in [1.29, 1.82) is 0 Å². The van der Waals surface area contributed by atoms with Gasteiger partial charge in [0.15, 0.2) is 0 Å². The molecule has 1 aromatic rings. The molecule has 1 fully saturated rings. The molecule has 0 unspecified atom stereocenters. The third-order valence-corrected chi connectivity index (χ3v) is 3.60. The van der Waals surface area contributed by atoms with Crippen molar-refractivity contribution < 1.29 is 4.79 Å². The molecular weight excluding hydrogens is 238 g/mol. The van der Waals surface area contributed by atoms with Crippen LogP contribution in [0.4, 0.5) is 5.82 Å². The summed E-state index contributed by atoms with van der Waals surface area (Å²) in [7, 11) is 0. The van der Waals surface area contributed by atoms with Gasteiger partial charge in [-0.2, -0.15) is 0 Å². The van der Waals surface area contributed by atoms with Crippen LogP contribution in [0.1, 0.15) is 0 Å². The number of pyridine rings is 1. The molecular formula is C15H17N3O. The van der Waals surface area contributed by atoms with E-state index in [-0.39, 0.29) is 11.8 Å². The number of carbonyl (C=O) groups is 1. The fourth-order valence-corrected chi connectivity index (χ4v) is 2.50. The Balaban J connectivity index is 1.59. The van der Waals surface area contributed by atoms with Gasteiger partial charge in [-0.3, -0.25) is 4.79 Å². The molecule has 0 spiro atoms. The normalized spacial score (nSPS) is 19.2. The van der Waals surface area contributed by atoms with Gasteiger partial charge in [0, 0.05) is 32.4 Å². The lowest BCUT2D eigenvalue weighted by Crippen LogP contribution is -2.50. The first-order valence-electron chi connectivity index (χ1n) is 6.64. The van der Waals surface area contributed by atoms with Crippen molar-refractivity contribution in [3.8, 4) is 0 Å². The summed E-state index contributed by atoms with van der Waals surface area (Å²) < 4.78 is 0. The van der Waals surface area contributed by atoms with Crippen molar-refractivity contribution in [2.75, 3.05) is 31.1 Å². The molecule has 0 aromatic carbocycles. The molecule has 0 bridgehead atoms. The van der Waals surface area contributed by atoms with Crippen molar-refractivity contribution in [2.45, 2.75) is 0 Å². The summed E-state index contributed by atoms with van der Waals surface area (Å²) in [6.45, 7) is 3.24. The van der Waals surface area contributed by atoms with Crippen LogP contribution in [0.3, 0.4) is 0 Å². The first-order valence-corrected chi connectivity index (χ1v) is 6.64. The van der Waals surface area contributed by atoms with E-state index in [0.29, 0.717) is 0 Å². The molecule has 4 nitrogen and oxygen atoms in total. The monoisotopic (exact) mass is 255 g/mol. The van der Waals surface area contributed by atoms with E-state index in [1.54, 1.807) is 6.20 Å². The molecule has 98 valence electrons. The predicted molar refractivity (Wildman–Crippen MR) is 74.8 cm³/mol. The predicted octanol–water partition coefficient (Wildman–Crippen LogP) is 1.47. The smallest absolute Gasteiger partial charge is 0.233 e. The highest BCUT2D eigenvalue weighted by Gasteiger charge is 2.25. The Labute approximate surface area is 113 Å². The molecule has 1 saturated heterocycles. The van der Waals surface area contributed by atoms with Crippen LogP contribution >= 0.6 is 0 Å². The standard InChI is InChI=1S/C15H17N3O/c19-15(13-5-1-2-6-13)18-11-9-17(10-12-18)14-7-3-4-8-16-14/h1-8,13H,9-12H2. The second-order valence-electron chi connectivity index (χ2n) is 4.80. The van der Waals surface area contributed by atoms with Crippen molar-refractivity contribution in [1.82, 2.24) is 9.88 Å². The number of rotatable bonds is 2. The van der Waals surface area contributed by atoms with Crippen LogP contribution in [0.5, 0.6) is 0 Å². The van der Waals surface area contributed by atoms with Crippen LogP contribution in [-0.4, -0.2) is 42.0 Å². The highest BCUT2D eigenvalue weighted by atomic mass is 16.2. The summed E-state index contributed by atoms with van der Waals surface area (Å²) in [5, 5.41) is 0. The third-order valence-electron chi connectivity index (χ3n) is 3.60. The average Bonchev–Trinajstić information content (AvgIpc) is 3.02. The molecule has 1 amide bonds. The number of allylic oxidation sites excluding steroid dienone is 2. The maximum atomic E-state index is 12.2. The molecule has 19 heavy (non-hydrogen) atoms. The van der Waals surface area contributed by atoms with Gasteiger partial charge < -0.3 is 9.80 Å². The highest BCUT2D eigenvalue weighted by Crippen LogP contribution is 2.17. The third kappa shape index (κ3) is 2.52. The Morgan fingerprint density at radius 2 is 1.84 bits per heavy atom. The molecule has 0 atom stereocenters. The van der Waals surface area contributed by atoms with Gasteiger partial charge >= 0.3 is 0 Å². The van der Waals surface area contributed by atoms with Crippen LogP contribution in [0.2, 0.25) is 0 Å².